The molecule has 0 saturated carbocycles. The summed E-state index contributed by atoms with van der Waals surface area (Å²) in [6, 6.07) is 20.7. The number of halogens is 1. The van der Waals surface area contributed by atoms with Gasteiger partial charge >= 0.3 is 0 Å². The molecular weight excluding hydrogens is 470 g/mol. The Morgan fingerprint density at radius 2 is 1.66 bits per heavy atom. The number of rotatable bonds is 9. The quantitative estimate of drug-likeness (QED) is 0.325. The van der Waals surface area contributed by atoms with Crippen LogP contribution in [0.1, 0.15) is 5.56 Å². The van der Waals surface area contributed by atoms with Gasteiger partial charge in [0, 0.05) is 5.69 Å². The summed E-state index contributed by atoms with van der Waals surface area (Å²) in [4.78, 5) is 24.9. The van der Waals surface area contributed by atoms with Crippen LogP contribution in [0.15, 0.2) is 72.3 Å². The number of anilines is 2. The molecule has 3 aromatic carbocycles. The third-order valence-corrected chi connectivity index (χ3v) is 4.97. The average molecular weight is 492 g/mol. The number of amides is 2. The monoisotopic (exact) mass is 491 g/mol. The van der Waals surface area contributed by atoms with Gasteiger partial charge in [-0.25, -0.2) is 0 Å². The first-order chi connectivity index (χ1) is 16.9. The van der Waals surface area contributed by atoms with E-state index in [9.17, 15) is 14.9 Å². The minimum absolute atomic E-state index is 0.128. The van der Waals surface area contributed by atoms with Crippen molar-refractivity contribution in [3.8, 4) is 23.3 Å². The fraction of sp³-hybridized carbons (Fsp3) is 0.115. The van der Waals surface area contributed by atoms with Gasteiger partial charge in [-0.3, -0.25) is 9.59 Å². The highest BCUT2D eigenvalue weighted by Crippen LogP contribution is 2.37. The molecule has 0 aromatic heterocycles. The van der Waals surface area contributed by atoms with Gasteiger partial charge in [0.05, 0.1) is 24.9 Å². The fourth-order valence-electron chi connectivity index (χ4n) is 3.07. The minimum atomic E-state index is -0.567. The standard InChI is InChI=1S/C26H22ClN3O5/c1-33-22-11-7-6-10-21(22)30-24(31)16-35-25-20(27)13-17(14-23(25)34-2)12-18(15-28)26(32)29-19-8-4-3-5-9-19/h3-14H,16H2,1-2H3,(H,29,32)(H,30,31)/b18-12+. The van der Waals surface area contributed by atoms with E-state index in [1.165, 1.54) is 26.4 Å². The molecule has 0 aliphatic rings. The van der Waals surface area contributed by atoms with Crippen molar-refractivity contribution in [2.24, 2.45) is 0 Å². The molecule has 0 bridgehead atoms. The molecule has 35 heavy (non-hydrogen) atoms. The summed E-state index contributed by atoms with van der Waals surface area (Å²) in [7, 11) is 2.92. The van der Waals surface area contributed by atoms with E-state index in [2.05, 4.69) is 10.6 Å². The maximum absolute atomic E-state index is 12.5. The molecule has 0 fully saturated rings. The van der Waals surface area contributed by atoms with Gasteiger partial charge in [0.1, 0.15) is 17.4 Å². The van der Waals surface area contributed by atoms with Gasteiger partial charge in [-0.15, -0.1) is 0 Å². The summed E-state index contributed by atoms with van der Waals surface area (Å²) in [6.07, 6.45) is 1.38. The van der Waals surface area contributed by atoms with Crippen LogP contribution in [0.5, 0.6) is 17.2 Å². The van der Waals surface area contributed by atoms with Crippen molar-refractivity contribution >= 4 is 40.9 Å². The van der Waals surface area contributed by atoms with Crippen LogP contribution in [0.3, 0.4) is 0 Å². The van der Waals surface area contributed by atoms with E-state index in [0.717, 1.165) is 0 Å². The zero-order valence-corrected chi connectivity index (χ0v) is 19.8. The first-order valence-electron chi connectivity index (χ1n) is 10.4. The predicted octanol–water partition coefficient (Wildman–Crippen LogP) is 4.92. The molecule has 2 N–H and O–H groups in total. The predicted molar refractivity (Wildman–Crippen MR) is 134 cm³/mol. The molecular formula is C26H22ClN3O5. The van der Waals surface area contributed by atoms with Gasteiger partial charge in [0.2, 0.25) is 0 Å². The number of carbonyl (C=O) groups is 2. The van der Waals surface area contributed by atoms with Crippen LogP contribution >= 0.6 is 11.6 Å². The van der Waals surface area contributed by atoms with Crippen LogP contribution in [0, 0.1) is 11.3 Å². The highest BCUT2D eigenvalue weighted by molar-refractivity contribution is 6.32. The molecule has 0 radical (unpaired) electrons. The lowest BCUT2D eigenvalue weighted by Gasteiger charge is -2.14. The highest BCUT2D eigenvalue weighted by Gasteiger charge is 2.16. The maximum Gasteiger partial charge on any atom is 0.266 e. The Bertz CT molecular complexity index is 1290. The van der Waals surface area contributed by atoms with E-state index in [1.807, 2.05) is 12.1 Å². The first kappa shape index (κ1) is 25.1. The van der Waals surface area contributed by atoms with E-state index in [-0.39, 0.29) is 28.7 Å². The molecule has 8 nitrogen and oxygen atoms in total. The van der Waals surface area contributed by atoms with Crippen molar-refractivity contribution in [2.45, 2.75) is 0 Å². The summed E-state index contributed by atoms with van der Waals surface area (Å²) in [5, 5.41) is 15.0. The third kappa shape index (κ3) is 6.76. The number of para-hydroxylation sites is 3. The van der Waals surface area contributed by atoms with E-state index in [4.69, 9.17) is 25.8 Å². The van der Waals surface area contributed by atoms with Crippen LogP contribution in [0.25, 0.3) is 6.08 Å². The SMILES string of the molecule is COc1ccccc1NC(=O)COc1c(Cl)cc(/C=C(\C#N)C(=O)Nc2ccccc2)cc1OC. The van der Waals surface area contributed by atoms with Gasteiger partial charge in [0.15, 0.2) is 18.1 Å². The molecule has 0 spiro atoms. The number of ether oxygens (including phenoxy) is 3. The smallest absolute Gasteiger partial charge is 0.266 e. The second kappa shape index (κ2) is 12.1. The Labute approximate surface area is 207 Å². The van der Waals surface area contributed by atoms with Crippen LogP contribution in [0.4, 0.5) is 11.4 Å². The van der Waals surface area contributed by atoms with Gasteiger partial charge in [0.25, 0.3) is 11.8 Å². The second-order valence-electron chi connectivity index (χ2n) is 7.06. The Kier molecular flexibility index (Phi) is 8.70. The number of methoxy groups -OCH3 is 2. The zero-order valence-electron chi connectivity index (χ0n) is 19.0. The van der Waals surface area contributed by atoms with Crippen molar-refractivity contribution in [1.29, 1.82) is 5.26 Å². The Balaban J connectivity index is 1.74. The van der Waals surface area contributed by atoms with Gasteiger partial charge < -0.3 is 24.8 Å². The van der Waals surface area contributed by atoms with Gasteiger partial charge in [-0.05, 0) is 48.0 Å². The van der Waals surface area contributed by atoms with Crippen LogP contribution in [-0.2, 0) is 9.59 Å². The zero-order chi connectivity index (χ0) is 25.2. The van der Waals surface area contributed by atoms with Gasteiger partial charge in [-0.1, -0.05) is 41.9 Å². The third-order valence-electron chi connectivity index (χ3n) is 4.69. The molecule has 0 heterocycles. The van der Waals surface area contributed by atoms with Crippen molar-refractivity contribution in [3.05, 3.63) is 82.9 Å². The van der Waals surface area contributed by atoms with Crippen LogP contribution in [0.2, 0.25) is 5.02 Å². The summed E-state index contributed by atoms with van der Waals surface area (Å²) in [5.41, 5.74) is 1.37. The largest absolute Gasteiger partial charge is 0.495 e. The number of nitriles is 1. The minimum Gasteiger partial charge on any atom is -0.495 e. The number of carbonyl (C=O) groups excluding carboxylic acids is 2. The van der Waals surface area contributed by atoms with E-state index in [0.29, 0.717) is 22.7 Å². The van der Waals surface area contributed by atoms with Crippen LogP contribution < -0.4 is 24.8 Å². The Morgan fingerprint density at radius 1 is 0.971 bits per heavy atom. The van der Waals surface area contributed by atoms with Crippen molar-refractivity contribution in [2.75, 3.05) is 31.5 Å². The Morgan fingerprint density at radius 3 is 2.34 bits per heavy atom. The van der Waals surface area contributed by atoms with E-state index < -0.39 is 11.8 Å². The molecule has 0 saturated heterocycles. The number of hydrogen-bond acceptors (Lipinski definition) is 6. The molecule has 0 aliphatic heterocycles. The number of nitrogens with one attached hydrogen (secondary N) is 2. The molecule has 0 atom stereocenters. The van der Waals surface area contributed by atoms with E-state index in [1.54, 1.807) is 54.6 Å². The second-order valence-corrected chi connectivity index (χ2v) is 7.47. The number of benzene rings is 3. The van der Waals surface area contributed by atoms with Crippen LogP contribution in [-0.4, -0.2) is 32.6 Å². The summed E-state index contributed by atoms with van der Waals surface area (Å²) in [5.74, 6) is -0.108. The first-order valence-corrected chi connectivity index (χ1v) is 10.7. The fourth-order valence-corrected chi connectivity index (χ4v) is 3.34. The summed E-state index contributed by atoms with van der Waals surface area (Å²) in [6.45, 7) is -0.341. The summed E-state index contributed by atoms with van der Waals surface area (Å²) >= 11 is 6.37. The molecule has 0 unspecified atom stereocenters. The molecule has 2 amide bonds. The lowest BCUT2D eigenvalue weighted by molar-refractivity contribution is -0.118. The molecule has 3 rings (SSSR count). The maximum atomic E-state index is 12.5. The molecule has 178 valence electrons. The topological polar surface area (TPSA) is 110 Å². The van der Waals surface area contributed by atoms with Crippen molar-refractivity contribution in [1.82, 2.24) is 0 Å². The summed E-state index contributed by atoms with van der Waals surface area (Å²) < 4.78 is 16.2. The van der Waals surface area contributed by atoms with Gasteiger partial charge in [-0.2, -0.15) is 5.26 Å². The number of nitrogens with zero attached hydrogens (tertiary/aromatic N) is 1. The average Bonchev–Trinajstić information content (AvgIpc) is 2.87. The van der Waals surface area contributed by atoms with Crippen molar-refractivity contribution in [3.63, 3.8) is 0 Å². The highest BCUT2D eigenvalue weighted by atomic mass is 35.5. The molecule has 0 aliphatic carbocycles. The molecule has 9 heteroatoms. The normalized spacial score (nSPS) is 10.6. The molecule has 3 aromatic rings. The Hall–Kier alpha value is -4.48. The lowest BCUT2D eigenvalue weighted by atomic mass is 10.1. The lowest BCUT2D eigenvalue weighted by Crippen LogP contribution is -2.20. The van der Waals surface area contributed by atoms with Crippen molar-refractivity contribution < 1.29 is 23.8 Å². The van der Waals surface area contributed by atoms with E-state index >= 15 is 0 Å². The number of hydrogen-bond donors (Lipinski definition) is 2.